The topological polar surface area (TPSA) is 93.5 Å². The Kier molecular flexibility index (Phi) is 5.84. The molecule has 1 aromatic carbocycles. The van der Waals surface area contributed by atoms with Crippen LogP contribution in [-0.2, 0) is 9.84 Å². The number of hydrogen-bond donors (Lipinski definition) is 1. The Morgan fingerprint density at radius 1 is 1.41 bits per heavy atom. The largest absolute Gasteiger partial charge is 0.494 e. The molecule has 0 radical (unpaired) electrons. The fourth-order valence-corrected chi connectivity index (χ4v) is 4.80. The lowest BCUT2D eigenvalue weighted by Crippen LogP contribution is -2.25. The van der Waals surface area contributed by atoms with Gasteiger partial charge in [0.25, 0.3) is 5.56 Å². The maximum atomic E-state index is 12.7. The Balaban J connectivity index is 1.78. The predicted octanol–water partition coefficient (Wildman–Crippen LogP) is 2.77. The van der Waals surface area contributed by atoms with Crippen LogP contribution in [0.5, 0.6) is 5.75 Å². The Morgan fingerprint density at radius 2 is 2.22 bits per heavy atom. The summed E-state index contributed by atoms with van der Waals surface area (Å²) in [6, 6.07) is 7.07. The van der Waals surface area contributed by atoms with Crippen LogP contribution < -0.4 is 10.3 Å². The van der Waals surface area contributed by atoms with E-state index in [-0.39, 0.29) is 23.1 Å². The highest BCUT2D eigenvalue weighted by molar-refractivity contribution is 7.91. The Hall–Kier alpha value is -2.35. The first-order valence-corrected chi connectivity index (χ1v) is 11.0. The van der Waals surface area contributed by atoms with Gasteiger partial charge in [-0.2, -0.15) is 0 Å². The summed E-state index contributed by atoms with van der Waals surface area (Å²) < 4.78 is 30.5. The molecule has 0 unspecified atom stereocenters. The van der Waals surface area contributed by atoms with E-state index in [4.69, 9.17) is 4.74 Å². The molecule has 0 spiro atoms. The monoisotopic (exact) mass is 391 g/mol. The SMILES string of the molecule is CCCCOc1cccc(N=Cc2c(C)[nH]n([C@@H]3CCS(=O)(=O)C3)c2=O)c1. The molecule has 3 rings (SSSR count). The third-order valence-electron chi connectivity index (χ3n) is 4.64. The van der Waals surface area contributed by atoms with E-state index in [1.165, 1.54) is 10.9 Å². The zero-order valence-corrected chi connectivity index (χ0v) is 16.5. The third-order valence-corrected chi connectivity index (χ3v) is 6.39. The second-order valence-corrected chi connectivity index (χ2v) is 9.07. The number of nitrogens with zero attached hydrogens (tertiary/aromatic N) is 2. The van der Waals surface area contributed by atoms with Gasteiger partial charge in [-0.1, -0.05) is 19.4 Å². The van der Waals surface area contributed by atoms with Gasteiger partial charge >= 0.3 is 0 Å². The third kappa shape index (κ3) is 4.68. The van der Waals surface area contributed by atoms with Gasteiger partial charge in [-0.15, -0.1) is 0 Å². The summed E-state index contributed by atoms with van der Waals surface area (Å²) in [6.45, 7) is 4.56. The minimum absolute atomic E-state index is 0.000582. The molecule has 0 bridgehead atoms. The van der Waals surface area contributed by atoms with Crippen molar-refractivity contribution in [3.05, 3.63) is 45.9 Å². The van der Waals surface area contributed by atoms with Crippen LogP contribution in [0.25, 0.3) is 0 Å². The predicted molar refractivity (Wildman–Crippen MR) is 106 cm³/mol. The molecule has 2 heterocycles. The fraction of sp³-hybridized carbons (Fsp3) is 0.474. The number of rotatable bonds is 7. The summed E-state index contributed by atoms with van der Waals surface area (Å²) in [5.74, 6) is 0.870. The first-order chi connectivity index (χ1) is 12.9. The van der Waals surface area contributed by atoms with E-state index in [9.17, 15) is 13.2 Å². The van der Waals surface area contributed by atoms with Crippen molar-refractivity contribution in [2.75, 3.05) is 18.1 Å². The average molecular weight is 391 g/mol. The zero-order chi connectivity index (χ0) is 19.4. The standard InChI is InChI=1S/C19H25N3O4S/c1-3-4-9-26-17-7-5-6-15(11-17)20-12-18-14(2)21-22(19(18)23)16-8-10-27(24,25)13-16/h5-7,11-12,16,21H,3-4,8-10,13H2,1-2H3/t16-/m1/s1. The van der Waals surface area contributed by atoms with Gasteiger partial charge in [-0.25, -0.2) is 13.1 Å². The molecule has 1 N–H and O–H groups in total. The normalized spacial score (nSPS) is 19.0. The van der Waals surface area contributed by atoms with Crippen LogP contribution in [0.15, 0.2) is 34.1 Å². The maximum absolute atomic E-state index is 12.7. The number of benzene rings is 1. The summed E-state index contributed by atoms with van der Waals surface area (Å²) in [4.78, 5) is 17.1. The van der Waals surface area contributed by atoms with E-state index in [2.05, 4.69) is 17.0 Å². The molecule has 0 amide bonds. The van der Waals surface area contributed by atoms with E-state index < -0.39 is 9.84 Å². The number of ether oxygens (including phenoxy) is 1. The zero-order valence-electron chi connectivity index (χ0n) is 15.6. The van der Waals surface area contributed by atoms with Crippen molar-refractivity contribution in [1.29, 1.82) is 0 Å². The Labute approximate surface area is 159 Å². The second kappa shape index (κ2) is 8.12. The number of sulfone groups is 1. The number of H-pyrrole nitrogens is 1. The van der Waals surface area contributed by atoms with Crippen LogP contribution in [0.2, 0.25) is 0 Å². The number of aromatic amines is 1. The van der Waals surface area contributed by atoms with Crippen LogP contribution in [0.4, 0.5) is 5.69 Å². The van der Waals surface area contributed by atoms with Crippen LogP contribution >= 0.6 is 0 Å². The highest BCUT2D eigenvalue weighted by atomic mass is 32.2. The molecule has 1 saturated heterocycles. The van der Waals surface area contributed by atoms with Crippen molar-refractivity contribution < 1.29 is 13.2 Å². The van der Waals surface area contributed by atoms with Crippen molar-refractivity contribution in [1.82, 2.24) is 9.78 Å². The molecule has 0 aliphatic carbocycles. The highest BCUT2D eigenvalue weighted by Crippen LogP contribution is 2.23. The first-order valence-electron chi connectivity index (χ1n) is 9.18. The van der Waals surface area contributed by atoms with Crippen molar-refractivity contribution in [3.63, 3.8) is 0 Å². The van der Waals surface area contributed by atoms with Crippen LogP contribution in [0.1, 0.15) is 43.5 Å². The molecule has 2 aromatic rings. The van der Waals surface area contributed by atoms with E-state index in [0.717, 1.165) is 18.6 Å². The molecular formula is C19H25N3O4S. The van der Waals surface area contributed by atoms with E-state index in [0.29, 0.717) is 30.0 Å². The van der Waals surface area contributed by atoms with Crippen molar-refractivity contribution >= 4 is 21.7 Å². The molecule has 1 aliphatic rings. The molecular weight excluding hydrogens is 366 g/mol. The van der Waals surface area contributed by atoms with Crippen LogP contribution in [0, 0.1) is 6.92 Å². The van der Waals surface area contributed by atoms with Gasteiger partial charge in [0.05, 0.1) is 35.4 Å². The molecule has 1 aromatic heterocycles. The smallest absolute Gasteiger partial charge is 0.275 e. The number of unbranched alkanes of at least 4 members (excludes halogenated alkanes) is 1. The highest BCUT2D eigenvalue weighted by Gasteiger charge is 2.31. The number of aryl methyl sites for hydroxylation is 1. The molecule has 7 nitrogen and oxygen atoms in total. The van der Waals surface area contributed by atoms with Gasteiger partial charge in [-0.3, -0.25) is 14.9 Å². The average Bonchev–Trinajstić information content (AvgIpc) is 3.13. The fourth-order valence-electron chi connectivity index (χ4n) is 3.10. The van der Waals surface area contributed by atoms with E-state index >= 15 is 0 Å². The van der Waals surface area contributed by atoms with Gasteiger partial charge in [0.1, 0.15) is 5.75 Å². The summed E-state index contributed by atoms with van der Waals surface area (Å²) in [6.07, 6.45) is 4.04. The Bertz CT molecular complexity index is 989. The van der Waals surface area contributed by atoms with Crippen molar-refractivity contribution in [2.24, 2.45) is 4.99 Å². The molecule has 1 fully saturated rings. The molecule has 27 heavy (non-hydrogen) atoms. The first kappa shape index (κ1) is 19.4. The summed E-state index contributed by atoms with van der Waals surface area (Å²) in [7, 11) is -3.06. The minimum atomic E-state index is -3.06. The van der Waals surface area contributed by atoms with E-state index in [1.807, 2.05) is 24.3 Å². The van der Waals surface area contributed by atoms with Gasteiger partial charge < -0.3 is 4.74 Å². The summed E-state index contributed by atoms with van der Waals surface area (Å²) in [5, 5.41) is 3.00. The molecule has 1 aliphatic heterocycles. The molecule has 1 atom stereocenters. The maximum Gasteiger partial charge on any atom is 0.275 e. The lowest BCUT2D eigenvalue weighted by molar-refractivity contribution is 0.309. The van der Waals surface area contributed by atoms with Crippen molar-refractivity contribution in [3.8, 4) is 5.75 Å². The van der Waals surface area contributed by atoms with Gasteiger partial charge in [0, 0.05) is 18.0 Å². The number of nitrogens with one attached hydrogen (secondary N) is 1. The molecule has 0 saturated carbocycles. The number of hydrogen-bond acceptors (Lipinski definition) is 5. The van der Waals surface area contributed by atoms with Gasteiger partial charge in [0.2, 0.25) is 0 Å². The lowest BCUT2D eigenvalue weighted by atomic mass is 10.2. The van der Waals surface area contributed by atoms with Crippen LogP contribution in [0.3, 0.4) is 0 Å². The summed E-state index contributed by atoms with van der Waals surface area (Å²) in [5.41, 5.74) is 1.56. The second-order valence-electron chi connectivity index (χ2n) is 6.84. The Morgan fingerprint density at radius 3 is 2.93 bits per heavy atom. The van der Waals surface area contributed by atoms with E-state index in [1.54, 1.807) is 6.92 Å². The van der Waals surface area contributed by atoms with Crippen molar-refractivity contribution in [2.45, 2.75) is 39.2 Å². The number of aliphatic imine (C=N–C) groups is 1. The quantitative estimate of drug-likeness (QED) is 0.580. The van der Waals surface area contributed by atoms with Gasteiger partial charge in [0.15, 0.2) is 9.84 Å². The number of aromatic nitrogens is 2. The van der Waals surface area contributed by atoms with Crippen LogP contribution in [-0.4, -0.2) is 42.5 Å². The lowest BCUT2D eigenvalue weighted by Gasteiger charge is -2.07. The summed E-state index contributed by atoms with van der Waals surface area (Å²) >= 11 is 0. The van der Waals surface area contributed by atoms with Gasteiger partial charge in [-0.05, 0) is 31.9 Å². The molecule has 8 heteroatoms. The minimum Gasteiger partial charge on any atom is -0.494 e. The molecule has 146 valence electrons.